The van der Waals surface area contributed by atoms with E-state index in [9.17, 15) is 4.79 Å². The highest BCUT2D eigenvalue weighted by Crippen LogP contribution is 2.25. The molecule has 27 heavy (non-hydrogen) atoms. The zero-order valence-corrected chi connectivity index (χ0v) is 16.7. The van der Waals surface area contributed by atoms with Crippen LogP contribution in [0.3, 0.4) is 0 Å². The number of benzene rings is 1. The second kappa shape index (κ2) is 7.82. The van der Waals surface area contributed by atoms with E-state index in [0.29, 0.717) is 10.9 Å². The smallest absolute Gasteiger partial charge is 0.246 e. The third kappa shape index (κ3) is 4.22. The van der Waals surface area contributed by atoms with Crippen LogP contribution in [0.15, 0.2) is 40.9 Å². The molecule has 1 unspecified atom stereocenters. The van der Waals surface area contributed by atoms with Crippen LogP contribution >= 0.6 is 22.9 Å². The van der Waals surface area contributed by atoms with Crippen LogP contribution in [-0.2, 0) is 11.2 Å². The van der Waals surface area contributed by atoms with E-state index in [-0.39, 0.29) is 12.3 Å². The number of halogens is 1. The molecule has 1 aromatic carbocycles. The van der Waals surface area contributed by atoms with Crippen LogP contribution < -0.4 is 5.43 Å². The molecule has 1 fully saturated rings. The van der Waals surface area contributed by atoms with E-state index >= 15 is 0 Å². The van der Waals surface area contributed by atoms with Gasteiger partial charge in [0.15, 0.2) is 4.96 Å². The normalized spacial score (nSPS) is 18.9. The number of nitrogens with zero attached hydrogens (tertiary/aromatic N) is 3. The lowest BCUT2D eigenvalue weighted by atomic mass is 9.89. The van der Waals surface area contributed by atoms with Crippen LogP contribution in [0, 0.1) is 5.92 Å². The van der Waals surface area contributed by atoms with Gasteiger partial charge in [-0.25, -0.2) is 10.4 Å². The second-order valence-electron chi connectivity index (χ2n) is 7.10. The van der Waals surface area contributed by atoms with Crippen LogP contribution in [-0.4, -0.2) is 21.0 Å². The molecule has 1 aliphatic carbocycles. The first kappa shape index (κ1) is 18.2. The third-order valence-electron chi connectivity index (χ3n) is 4.85. The van der Waals surface area contributed by atoms with E-state index in [0.717, 1.165) is 46.9 Å². The Kier molecular flexibility index (Phi) is 5.27. The summed E-state index contributed by atoms with van der Waals surface area (Å²) in [4.78, 5) is 17.8. The van der Waals surface area contributed by atoms with Crippen molar-refractivity contribution < 1.29 is 4.79 Å². The highest BCUT2D eigenvalue weighted by atomic mass is 35.5. The molecule has 1 saturated carbocycles. The van der Waals surface area contributed by atoms with E-state index in [4.69, 9.17) is 11.6 Å². The van der Waals surface area contributed by atoms with Gasteiger partial charge in [0.1, 0.15) is 0 Å². The van der Waals surface area contributed by atoms with E-state index in [2.05, 4.69) is 22.4 Å². The van der Waals surface area contributed by atoms with Gasteiger partial charge >= 0.3 is 0 Å². The molecule has 0 spiro atoms. The Bertz CT molecular complexity index is 989. The molecule has 4 rings (SSSR count). The number of rotatable bonds is 4. The first-order valence-corrected chi connectivity index (χ1v) is 10.4. The molecule has 5 nitrogen and oxygen atoms in total. The second-order valence-corrected chi connectivity index (χ2v) is 8.38. The first-order valence-electron chi connectivity index (χ1n) is 9.14. The van der Waals surface area contributed by atoms with E-state index in [1.165, 1.54) is 17.8 Å². The summed E-state index contributed by atoms with van der Waals surface area (Å²) in [6.45, 7) is 2.23. The SMILES string of the molecule is CC1CCC/C(=N/NC(=O)Cc2csc3nc(-c4ccc(Cl)cc4)cn23)C1. The maximum Gasteiger partial charge on any atom is 0.246 e. The van der Waals surface area contributed by atoms with Gasteiger partial charge in [-0.1, -0.05) is 30.7 Å². The van der Waals surface area contributed by atoms with Gasteiger partial charge in [0, 0.05) is 33.6 Å². The predicted molar refractivity (Wildman–Crippen MR) is 110 cm³/mol. The fraction of sp³-hybridized carbons (Fsp3) is 0.350. The average Bonchev–Trinajstić information content (AvgIpc) is 3.23. The Morgan fingerprint density at radius 2 is 2.22 bits per heavy atom. The number of hydrazone groups is 1. The van der Waals surface area contributed by atoms with Crippen LogP contribution in [0.1, 0.15) is 38.3 Å². The van der Waals surface area contributed by atoms with Gasteiger partial charge in [-0.3, -0.25) is 9.20 Å². The molecule has 3 aromatic rings. The zero-order valence-electron chi connectivity index (χ0n) is 15.1. The molecule has 1 aliphatic rings. The summed E-state index contributed by atoms with van der Waals surface area (Å²) in [5.41, 5.74) is 6.62. The Balaban J connectivity index is 1.46. The number of thiazole rings is 1. The zero-order chi connectivity index (χ0) is 18.8. The maximum absolute atomic E-state index is 12.3. The Morgan fingerprint density at radius 3 is 3.00 bits per heavy atom. The molecule has 7 heteroatoms. The number of aromatic nitrogens is 2. The number of fused-ring (bicyclic) bond motifs is 1. The van der Waals surface area contributed by atoms with Crippen molar-refractivity contribution in [1.82, 2.24) is 14.8 Å². The highest BCUT2D eigenvalue weighted by molar-refractivity contribution is 7.15. The van der Waals surface area contributed by atoms with Gasteiger partial charge in [0.25, 0.3) is 0 Å². The molecule has 0 radical (unpaired) electrons. The van der Waals surface area contributed by atoms with E-state index < -0.39 is 0 Å². The molecule has 0 bridgehead atoms. The lowest BCUT2D eigenvalue weighted by molar-refractivity contribution is -0.120. The van der Waals surface area contributed by atoms with Gasteiger partial charge in [-0.2, -0.15) is 5.10 Å². The summed E-state index contributed by atoms with van der Waals surface area (Å²) in [5.74, 6) is 0.560. The minimum Gasteiger partial charge on any atom is -0.294 e. The quantitative estimate of drug-likeness (QED) is 0.630. The lowest BCUT2D eigenvalue weighted by Crippen LogP contribution is -2.24. The number of hydrogen-bond donors (Lipinski definition) is 1. The standard InChI is InChI=1S/C20H21ClN4OS/c1-13-3-2-4-16(9-13)23-24-19(26)10-17-12-27-20-22-18(11-25(17)20)14-5-7-15(21)8-6-14/h5-8,11-13H,2-4,9-10H2,1H3,(H,24,26)/b23-16-. The van der Waals surface area contributed by atoms with Crippen LogP contribution in [0.5, 0.6) is 0 Å². The summed E-state index contributed by atoms with van der Waals surface area (Å²) in [6.07, 6.45) is 6.61. The summed E-state index contributed by atoms with van der Waals surface area (Å²) in [5, 5.41) is 7.01. The number of imidazole rings is 1. The molecular formula is C20H21ClN4OS. The number of carbonyl (C=O) groups is 1. The first-order chi connectivity index (χ1) is 13.1. The van der Waals surface area contributed by atoms with Crippen molar-refractivity contribution in [2.75, 3.05) is 0 Å². The van der Waals surface area contributed by atoms with Crippen molar-refractivity contribution >= 4 is 39.5 Å². The largest absolute Gasteiger partial charge is 0.294 e. The van der Waals surface area contributed by atoms with Crippen molar-refractivity contribution in [3.8, 4) is 11.3 Å². The fourth-order valence-corrected chi connectivity index (χ4v) is 4.42. The van der Waals surface area contributed by atoms with E-state index in [1.807, 2.05) is 40.2 Å². The Labute approximate surface area is 167 Å². The molecule has 0 saturated heterocycles. The molecule has 0 aliphatic heterocycles. The van der Waals surface area contributed by atoms with Gasteiger partial charge < -0.3 is 0 Å². The number of amides is 1. The third-order valence-corrected chi connectivity index (χ3v) is 5.99. The van der Waals surface area contributed by atoms with Gasteiger partial charge in [0.2, 0.25) is 5.91 Å². The molecule has 140 valence electrons. The van der Waals surface area contributed by atoms with Crippen molar-refractivity contribution in [2.45, 2.75) is 39.0 Å². The van der Waals surface area contributed by atoms with Crippen LogP contribution in [0.2, 0.25) is 5.02 Å². The van der Waals surface area contributed by atoms with Gasteiger partial charge in [-0.15, -0.1) is 11.3 Å². The Morgan fingerprint density at radius 1 is 1.41 bits per heavy atom. The molecule has 1 amide bonds. The fourth-order valence-electron chi connectivity index (χ4n) is 3.42. The maximum atomic E-state index is 12.3. The Hall–Kier alpha value is -2.18. The van der Waals surface area contributed by atoms with Crippen LogP contribution in [0.4, 0.5) is 0 Å². The van der Waals surface area contributed by atoms with E-state index in [1.54, 1.807) is 0 Å². The monoisotopic (exact) mass is 400 g/mol. The van der Waals surface area contributed by atoms with Crippen molar-refractivity contribution in [3.63, 3.8) is 0 Å². The van der Waals surface area contributed by atoms with Crippen molar-refractivity contribution in [2.24, 2.45) is 11.0 Å². The number of carbonyl (C=O) groups excluding carboxylic acids is 1. The summed E-state index contributed by atoms with van der Waals surface area (Å²) in [7, 11) is 0. The van der Waals surface area contributed by atoms with Crippen LogP contribution in [0.25, 0.3) is 16.2 Å². The van der Waals surface area contributed by atoms with Crippen molar-refractivity contribution in [1.29, 1.82) is 0 Å². The minimum atomic E-state index is -0.0952. The summed E-state index contributed by atoms with van der Waals surface area (Å²) < 4.78 is 1.98. The number of hydrogen-bond acceptors (Lipinski definition) is 4. The predicted octanol–water partition coefficient (Wildman–Crippen LogP) is 4.94. The highest BCUT2D eigenvalue weighted by Gasteiger charge is 2.15. The number of nitrogens with one attached hydrogen (secondary N) is 1. The molecule has 1 atom stereocenters. The summed E-state index contributed by atoms with van der Waals surface area (Å²) >= 11 is 7.49. The van der Waals surface area contributed by atoms with Crippen molar-refractivity contribution in [3.05, 3.63) is 46.6 Å². The lowest BCUT2D eigenvalue weighted by Gasteiger charge is -2.18. The average molecular weight is 401 g/mol. The molecule has 1 N–H and O–H groups in total. The summed E-state index contributed by atoms with van der Waals surface area (Å²) in [6, 6.07) is 7.60. The topological polar surface area (TPSA) is 58.8 Å². The van der Waals surface area contributed by atoms with Gasteiger partial charge in [-0.05, 0) is 43.7 Å². The molecule has 2 heterocycles. The molecular weight excluding hydrogens is 380 g/mol. The molecule has 2 aromatic heterocycles. The minimum absolute atomic E-state index is 0.0952. The van der Waals surface area contributed by atoms with Gasteiger partial charge in [0.05, 0.1) is 12.1 Å².